The summed E-state index contributed by atoms with van der Waals surface area (Å²) in [5.41, 5.74) is 0.696. The van der Waals surface area contributed by atoms with Gasteiger partial charge in [-0.1, -0.05) is 12.1 Å². The largest absolute Gasteiger partial charge is 0.508 e. The first kappa shape index (κ1) is 31.7. The second kappa shape index (κ2) is 12.0. The summed E-state index contributed by atoms with van der Waals surface area (Å²) in [6, 6.07) is 5.57. The van der Waals surface area contributed by atoms with Gasteiger partial charge >= 0.3 is 12.1 Å². The molecule has 8 N–H and O–H groups in total. The smallest absolute Gasteiger partial charge is 0.404 e. The van der Waals surface area contributed by atoms with E-state index in [2.05, 4.69) is 10.6 Å². The number of benzene rings is 2. The van der Waals surface area contributed by atoms with Gasteiger partial charge in [0.15, 0.2) is 11.3 Å². The number of hydrogen-bond acceptors (Lipinski definition) is 13. The van der Waals surface area contributed by atoms with Crippen LogP contribution in [-0.4, -0.2) is 85.7 Å². The van der Waals surface area contributed by atoms with Crippen LogP contribution in [0.4, 0.5) is 4.79 Å². The normalized spacial score (nSPS) is 19.5. The van der Waals surface area contributed by atoms with Gasteiger partial charge in [-0.05, 0) is 29.8 Å². The second-order valence-corrected chi connectivity index (χ2v) is 11.0. The van der Waals surface area contributed by atoms with Gasteiger partial charge in [-0.15, -0.1) is 11.8 Å². The van der Waals surface area contributed by atoms with Gasteiger partial charge in [0.25, 0.3) is 17.5 Å². The number of nitrogens with one attached hydrogen (secondary N) is 2. The summed E-state index contributed by atoms with van der Waals surface area (Å²) in [6.07, 6.45) is -0.425. The number of primary amides is 1. The number of carbonyl (C=O) groups is 5. The molecule has 0 aliphatic carbocycles. The van der Waals surface area contributed by atoms with Crippen LogP contribution < -0.4 is 21.8 Å². The van der Waals surface area contributed by atoms with E-state index in [0.29, 0.717) is 0 Å². The first-order valence-corrected chi connectivity index (χ1v) is 14.1. The number of methoxy groups -OCH3 is 1. The Labute approximate surface area is 261 Å². The molecule has 2 aliphatic heterocycles. The Hall–Kier alpha value is -5.75. The van der Waals surface area contributed by atoms with Crippen molar-refractivity contribution in [1.29, 1.82) is 0 Å². The van der Waals surface area contributed by atoms with Gasteiger partial charge in [-0.2, -0.15) is 0 Å². The first-order chi connectivity index (χ1) is 21.8. The summed E-state index contributed by atoms with van der Waals surface area (Å²) in [5, 5.41) is 42.8. The van der Waals surface area contributed by atoms with Crippen molar-refractivity contribution < 1.29 is 58.3 Å². The molecule has 3 aromatic rings. The third-order valence-electron chi connectivity index (χ3n) is 7.23. The number of hydrogen-bond donors (Lipinski definition) is 7. The number of phenols is 3. The van der Waals surface area contributed by atoms with Gasteiger partial charge < -0.3 is 50.7 Å². The predicted octanol–water partition coefficient (Wildman–Crippen LogP) is 0.189. The van der Waals surface area contributed by atoms with Crippen LogP contribution >= 0.6 is 11.8 Å². The Balaban J connectivity index is 1.46. The van der Waals surface area contributed by atoms with Crippen molar-refractivity contribution in [3.8, 4) is 17.2 Å². The number of thioether (sulfide) groups is 1. The van der Waals surface area contributed by atoms with Crippen LogP contribution in [0.1, 0.15) is 22.0 Å². The molecule has 4 amide bonds. The Morgan fingerprint density at radius 2 is 1.83 bits per heavy atom. The van der Waals surface area contributed by atoms with Crippen molar-refractivity contribution in [3.05, 3.63) is 75.3 Å². The third kappa shape index (κ3) is 5.28. The molecule has 1 aromatic heterocycles. The van der Waals surface area contributed by atoms with E-state index in [-0.39, 0.29) is 33.6 Å². The Morgan fingerprint density at radius 1 is 1.13 bits per heavy atom. The molecule has 5 rings (SSSR count). The molecule has 1 unspecified atom stereocenters. The molecular weight excluding hydrogens is 632 g/mol. The van der Waals surface area contributed by atoms with Crippen molar-refractivity contribution in [1.82, 2.24) is 15.5 Å². The second-order valence-electron chi connectivity index (χ2n) is 9.92. The summed E-state index contributed by atoms with van der Waals surface area (Å²) >= 11 is 0.996. The number of aliphatic carboxylic acids is 1. The lowest BCUT2D eigenvalue weighted by atomic mass is 9.96. The number of phenolic OH excluding ortho intramolecular Hbond substituents is 3. The third-order valence-corrected chi connectivity index (χ3v) is 8.61. The zero-order valence-corrected chi connectivity index (χ0v) is 24.3. The summed E-state index contributed by atoms with van der Waals surface area (Å²) < 4.78 is 15.4. The zero-order chi connectivity index (χ0) is 33.5. The molecular formula is C28H24N4O13S. The van der Waals surface area contributed by atoms with Gasteiger partial charge in [-0.25, -0.2) is 9.59 Å². The number of amides is 4. The fourth-order valence-electron chi connectivity index (χ4n) is 4.98. The van der Waals surface area contributed by atoms with Gasteiger partial charge in [0, 0.05) is 18.4 Å². The molecule has 1 saturated heterocycles. The molecule has 17 nitrogen and oxygen atoms in total. The summed E-state index contributed by atoms with van der Waals surface area (Å²) in [5.74, 6) is -6.13. The zero-order valence-electron chi connectivity index (χ0n) is 23.5. The SMILES string of the molecule is CO[C@@]1(NC(=O)C(NC(=O)c2coc3c(O)c(O)ccc3c2=O)c2ccc(O)cc2)C(=O)N2C(C(=O)O)=C(COC(N)=O)CS[C@H]21. The average molecular weight is 657 g/mol. The molecule has 0 saturated carbocycles. The fraction of sp³-hybridized carbons (Fsp3) is 0.214. The van der Waals surface area contributed by atoms with E-state index < -0.39 is 81.7 Å². The molecule has 240 valence electrons. The van der Waals surface area contributed by atoms with Crippen molar-refractivity contribution in [2.24, 2.45) is 5.73 Å². The number of carboxylic acid groups (broad SMARTS) is 1. The van der Waals surface area contributed by atoms with Crippen molar-refractivity contribution in [3.63, 3.8) is 0 Å². The van der Waals surface area contributed by atoms with Crippen LogP contribution in [0.2, 0.25) is 0 Å². The van der Waals surface area contributed by atoms with E-state index in [4.69, 9.17) is 19.6 Å². The Kier molecular flexibility index (Phi) is 8.24. The van der Waals surface area contributed by atoms with E-state index >= 15 is 0 Å². The van der Waals surface area contributed by atoms with Gasteiger partial charge in [0.2, 0.25) is 17.1 Å². The average Bonchev–Trinajstić information content (AvgIpc) is 3.02. The number of nitrogens with zero attached hydrogens (tertiary/aromatic N) is 1. The van der Waals surface area contributed by atoms with Gasteiger partial charge in [0.1, 0.15) is 41.3 Å². The van der Waals surface area contributed by atoms with Gasteiger partial charge in [-0.3, -0.25) is 24.1 Å². The number of rotatable bonds is 9. The Bertz CT molecular complexity index is 1890. The number of fused-ring (bicyclic) bond motifs is 2. The van der Waals surface area contributed by atoms with E-state index in [1.54, 1.807) is 0 Å². The first-order valence-electron chi connectivity index (χ1n) is 13.1. The number of nitrogens with two attached hydrogens (primary N) is 1. The van der Waals surface area contributed by atoms with Crippen LogP contribution in [0.15, 0.2) is 63.1 Å². The van der Waals surface area contributed by atoms with Crippen molar-refractivity contribution in [2.75, 3.05) is 19.5 Å². The van der Waals surface area contributed by atoms with E-state index in [1.807, 2.05) is 0 Å². The molecule has 0 bridgehead atoms. The highest BCUT2D eigenvalue weighted by atomic mass is 32.2. The minimum Gasteiger partial charge on any atom is -0.508 e. The summed E-state index contributed by atoms with van der Waals surface area (Å²) in [6.45, 7) is -0.495. The lowest BCUT2D eigenvalue weighted by molar-refractivity contribution is -0.193. The van der Waals surface area contributed by atoms with Crippen LogP contribution in [0.5, 0.6) is 17.2 Å². The minimum absolute atomic E-state index is 0.0481. The quantitative estimate of drug-likeness (QED) is 0.0921. The van der Waals surface area contributed by atoms with Crippen LogP contribution in [0.25, 0.3) is 11.0 Å². The fourth-order valence-corrected chi connectivity index (χ4v) is 6.40. The van der Waals surface area contributed by atoms with Crippen LogP contribution in [0.3, 0.4) is 0 Å². The van der Waals surface area contributed by atoms with Gasteiger partial charge in [0.05, 0.1) is 5.39 Å². The molecule has 46 heavy (non-hydrogen) atoms. The summed E-state index contributed by atoms with van der Waals surface area (Å²) in [4.78, 5) is 77.8. The van der Waals surface area contributed by atoms with Crippen LogP contribution in [0, 0.1) is 0 Å². The van der Waals surface area contributed by atoms with E-state index in [9.17, 15) is 49.2 Å². The standard InChI is InChI=1S/C28H24N4O13S/c1-43-28(25(41)32-18(24(39)40)12(8-45-27(29)42)10-46-26(28)32)31-23(38)17(11-2-4-13(33)5-3-11)30-22(37)15-9-44-21-14(19(15)35)6-7-16(34)20(21)36/h2-7,9,17,26,33-34,36H,8,10H2,1H3,(H2,29,42)(H,30,37)(H,31,38)(H,39,40)/t17?,26-,28-/m0/s1. The van der Waals surface area contributed by atoms with Crippen molar-refractivity contribution >= 4 is 52.5 Å². The maximum absolute atomic E-state index is 13.8. The highest BCUT2D eigenvalue weighted by Gasteiger charge is 2.67. The molecule has 2 aromatic carbocycles. The number of carbonyl (C=O) groups excluding carboxylic acids is 4. The number of aromatic hydroxyl groups is 3. The van der Waals surface area contributed by atoms with Crippen molar-refractivity contribution in [2.45, 2.75) is 17.1 Å². The molecule has 2 aliphatic rings. The molecule has 3 atom stereocenters. The molecule has 18 heteroatoms. The van der Waals surface area contributed by atoms with E-state index in [0.717, 1.165) is 42.2 Å². The van der Waals surface area contributed by atoms with Crippen LogP contribution in [-0.2, 0) is 23.9 Å². The maximum atomic E-state index is 13.8. The monoisotopic (exact) mass is 656 g/mol. The number of carboxylic acids is 1. The number of ether oxygens (including phenoxy) is 2. The maximum Gasteiger partial charge on any atom is 0.404 e. The molecule has 3 heterocycles. The predicted molar refractivity (Wildman–Crippen MR) is 155 cm³/mol. The number of β-lactam (4-membered cyclic amide) rings is 1. The topological polar surface area (TPSA) is 268 Å². The molecule has 1 fully saturated rings. The Morgan fingerprint density at radius 3 is 2.46 bits per heavy atom. The lowest BCUT2D eigenvalue weighted by Gasteiger charge is -2.55. The minimum atomic E-state index is -2.11. The summed E-state index contributed by atoms with van der Waals surface area (Å²) in [7, 11) is 1.10. The highest BCUT2D eigenvalue weighted by molar-refractivity contribution is 8.00. The van der Waals surface area contributed by atoms with E-state index in [1.165, 1.54) is 24.3 Å². The molecule has 0 radical (unpaired) electrons. The lowest BCUT2D eigenvalue weighted by Crippen LogP contribution is -2.81. The highest BCUT2D eigenvalue weighted by Crippen LogP contribution is 2.47. The molecule has 0 spiro atoms.